The molecule has 7 atom stereocenters. The Hall–Kier alpha value is -0.650. The van der Waals surface area contributed by atoms with E-state index in [2.05, 4.69) is 6.92 Å². The predicted octanol–water partition coefficient (Wildman–Crippen LogP) is 0.963. The summed E-state index contributed by atoms with van der Waals surface area (Å²) in [7, 11) is 0. The highest BCUT2D eigenvalue weighted by Gasteiger charge is 2.61. The summed E-state index contributed by atoms with van der Waals surface area (Å²) in [5.74, 6) is -0.826. The molecule has 0 aromatic heterocycles. The van der Waals surface area contributed by atoms with Gasteiger partial charge in [-0.25, -0.2) is 0 Å². The van der Waals surface area contributed by atoms with Crippen LogP contribution in [0.15, 0.2) is 0 Å². The molecule has 3 unspecified atom stereocenters. The van der Waals surface area contributed by atoms with Gasteiger partial charge in [0.2, 0.25) is 0 Å². The van der Waals surface area contributed by atoms with Crippen LogP contribution in [0.5, 0.6) is 0 Å². The lowest BCUT2D eigenvalue weighted by Gasteiger charge is -2.49. The molecule has 1 saturated heterocycles. The van der Waals surface area contributed by atoms with Gasteiger partial charge >= 0.3 is 0 Å². The largest absolute Gasteiger partial charge is 0.394 e. The minimum atomic E-state index is -2.68. The van der Waals surface area contributed by atoms with Crippen LogP contribution in [0.1, 0.15) is 96.8 Å². The number of ketones is 1. The number of ether oxygens (including phenoxy) is 1. The van der Waals surface area contributed by atoms with Gasteiger partial charge in [0.25, 0.3) is 0 Å². The number of Topliss-reactive ketones (excluding diaryl/α,β-unsaturated/α-hetero) is 1. The Kier molecular flexibility index (Phi) is 15.6. The van der Waals surface area contributed by atoms with Gasteiger partial charge in [-0.1, -0.05) is 84.0 Å². The number of carbonyl (C=O) groups excluding carboxylic acids is 1. The molecule has 1 rings (SSSR count). The second-order valence-corrected chi connectivity index (χ2v) is 9.69. The first-order chi connectivity index (χ1) is 16.2. The zero-order chi connectivity index (χ0) is 25.6. The molecule has 1 heterocycles. The third-order valence-corrected chi connectivity index (χ3v) is 6.94. The van der Waals surface area contributed by atoms with E-state index >= 15 is 0 Å². The third kappa shape index (κ3) is 9.09. The fraction of sp³-hybridized carbons (Fsp3) is 0.960. The summed E-state index contributed by atoms with van der Waals surface area (Å²) < 4.78 is 5.31. The zero-order valence-electron chi connectivity index (χ0n) is 20.7. The van der Waals surface area contributed by atoms with Crippen molar-refractivity contribution in [2.24, 2.45) is 0 Å². The fourth-order valence-corrected chi connectivity index (χ4v) is 4.63. The van der Waals surface area contributed by atoms with Crippen molar-refractivity contribution in [3.63, 3.8) is 0 Å². The van der Waals surface area contributed by atoms with Crippen LogP contribution in [0.3, 0.4) is 0 Å². The molecule has 1 fully saturated rings. The molecule has 0 amide bonds. The van der Waals surface area contributed by atoms with Crippen LogP contribution >= 0.6 is 0 Å². The fourth-order valence-electron chi connectivity index (χ4n) is 4.63. The quantitative estimate of drug-likeness (QED) is 0.130. The minimum absolute atomic E-state index is 0.108. The van der Waals surface area contributed by atoms with E-state index in [-0.39, 0.29) is 6.42 Å². The Morgan fingerprint density at radius 1 is 0.853 bits per heavy atom. The molecule has 9 heteroatoms. The molecule has 0 bridgehead atoms. The minimum Gasteiger partial charge on any atom is -0.394 e. The summed E-state index contributed by atoms with van der Waals surface area (Å²) >= 11 is 0. The van der Waals surface area contributed by atoms with Crippen molar-refractivity contribution in [2.75, 3.05) is 13.2 Å². The third-order valence-electron chi connectivity index (χ3n) is 6.94. The van der Waals surface area contributed by atoms with Gasteiger partial charge in [-0.05, 0) is 6.42 Å². The highest BCUT2D eigenvalue weighted by molar-refractivity contribution is 5.89. The molecule has 0 aromatic carbocycles. The Bertz CT molecular complexity index is 546. The molecule has 0 saturated carbocycles. The molecule has 7 N–H and O–H groups in total. The van der Waals surface area contributed by atoms with E-state index in [0.29, 0.717) is 6.42 Å². The van der Waals surface area contributed by atoms with E-state index in [4.69, 9.17) is 9.84 Å². The summed E-state index contributed by atoms with van der Waals surface area (Å²) in [4.78, 5) is 12.9. The van der Waals surface area contributed by atoms with Crippen LogP contribution in [-0.2, 0) is 9.53 Å². The number of hydrogen-bond donors (Lipinski definition) is 7. The molecule has 1 aliphatic heterocycles. The second-order valence-electron chi connectivity index (χ2n) is 9.69. The molecule has 202 valence electrons. The first-order valence-corrected chi connectivity index (χ1v) is 13.1. The predicted molar refractivity (Wildman–Crippen MR) is 127 cm³/mol. The average molecular weight is 493 g/mol. The Balaban J connectivity index is 2.44. The van der Waals surface area contributed by atoms with Crippen LogP contribution in [0, 0.1) is 0 Å². The number of carbonyl (C=O) groups is 1. The summed E-state index contributed by atoms with van der Waals surface area (Å²) in [5.41, 5.74) is -2.68. The Morgan fingerprint density at radius 2 is 1.32 bits per heavy atom. The summed E-state index contributed by atoms with van der Waals surface area (Å²) in [5, 5.41) is 70.3. The molecular formula is C25H48O9. The topological polar surface area (TPSA) is 168 Å². The lowest BCUT2D eigenvalue weighted by atomic mass is 9.75. The molecule has 0 aromatic rings. The van der Waals surface area contributed by atoms with E-state index in [1.54, 1.807) is 0 Å². The molecule has 9 nitrogen and oxygen atoms in total. The summed E-state index contributed by atoms with van der Waals surface area (Å²) in [6, 6.07) is 0. The summed E-state index contributed by atoms with van der Waals surface area (Å²) in [6.45, 7) is 0.612. The van der Waals surface area contributed by atoms with E-state index in [9.17, 15) is 35.4 Å². The average Bonchev–Trinajstić information content (AvgIpc) is 2.84. The Labute approximate surface area is 203 Å². The Morgan fingerprint density at radius 3 is 1.76 bits per heavy atom. The number of hydrogen-bond acceptors (Lipinski definition) is 9. The van der Waals surface area contributed by atoms with Crippen LogP contribution in [-0.4, -0.2) is 97.0 Å². The van der Waals surface area contributed by atoms with Crippen LogP contribution < -0.4 is 0 Å². The number of aliphatic hydroxyl groups is 7. The lowest BCUT2D eigenvalue weighted by Crippen LogP contribution is -2.73. The highest BCUT2D eigenvalue weighted by Crippen LogP contribution is 2.35. The number of aliphatic hydroxyl groups excluding tert-OH is 6. The maximum absolute atomic E-state index is 12.9. The lowest BCUT2D eigenvalue weighted by molar-refractivity contribution is -0.289. The molecule has 34 heavy (non-hydrogen) atoms. The van der Waals surface area contributed by atoms with Crippen molar-refractivity contribution in [1.29, 1.82) is 0 Å². The van der Waals surface area contributed by atoms with Crippen LogP contribution in [0.25, 0.3) is 0 Å². The highest BCUT2D eigenvalue weighted by atomic mass is 16.6. The van der Waals surface area contributed by atoms with E-state index in [1.807, 2.05) is 0 Å². The SMILES string of the molecule is CCCCCCCCCCCCCCCC(=O)[C@]1(O)C(C(O)C(O)CO)O[C@H](CO)[C@H](O)[C@@H]1O. The van der Waals surface area contributed by atoms with E-state index in [0.717, 1.165) is 25.7 Å². The van der Waals surface area contributed by atoms with Gasteiger partial charge in [0.15, 0.2) is 11.4 Å². The van der Waals surface area contributed by atoms with Gasteiger partial charge in [-0.2, -0.15) is 0 Å². The normalized spacial score (nSPS) is 29.2. The first-order valence-electron chi connectivity index (χ1n) is 13.1. The van der Waals surface area contributed by atoms with Crippen molar-refractivity contribution in [2.45, 2.75) is 139 Å². The zero-order valence-corrected chi connectivity index (χ0v) is 20.7. The standard InChI is InChI=1S/C25H48O9/c1-2-3-4-5-6-7-8-9-10-11-12-13-14-15-20(29)25(33)23(32)22(31)19(17-27)34-24(25)21(30)18(28)16-26/h18-19,21-24,26-28,30-33H,2-17H2,1H3/t18?,19-,21?,22+,23+,24?,25-/m1/s1. The number of rotatable bonds is 19. The molecule has 0 spiro atoms. The molecule has 1 aliphatic rings. The van der Waals surface area contributed by atoms with Gasteiger partial charge in [-0.15, -0.1) is 0 Å². The van der Waals surface area contributed by atoms with Gasteiger partial charge in [-0.3, -0.25) is 4.79 Å². The van der Waals surface area contributed by atoms with Crippen molar-refractivity contribution >= 4 is 5.78 Å². The van der Waals surface area contributed by atoms with Crippen LogP contribution in [0.4, 0.5) is 0 Å². The van der Waals surface area contributed by atoms with E-state index in [1.165, 1.54) is 51.4 Å². The maximum atomic E-state index is 12.9. The molecular weight excluding hydrogens is 444 g/mol. The number of unbranched alkanes of at least 4 members (excludes halogenated alkanes) is 12. The molecule has 0 radical (unpaired) electrons. The molecule has 0 aliphatic carbocycles. The van der Waals surface area contributed by atoms with Crippen molar-refractivity contribution in [3.8, 4) is 0 Å². The van der Waals surface area contributed by atoms with Crippen LogP contribution in [0.2, 0.25) is 0 Å². The van der Waals surface area contributed by atoms with Gasteiger partial charge in [0.1, 0.15) is 36.6 Å². The van der Waals surface area contributed by atoms with E-state index < -0.39 is 61.2 Å². The smallest absolute Gasteiger partial charge is 0.180 e. The first kappa shape index (κ1) is 31.4. The summed E-state index contributed by atoms with van der Waals surface area (Å²) in [6.07, 6.45) is 3.86. The maximum Gasteiger partial charge on any atom is 0.180 e. The van der Waals surface area contributed by atoms with Crippen molar-refractivity contribution < 1.29 is 45.3 Å². The van der Waals surface area contributed by atoms with Gasteiger partial charge in [0.05, 0.1) is 13.2 Å². The van der Waals surface area contributed by atoms with Crippen molar-refractivity contribution in [3.05, 3.63) is 0 Å². The van der Waals surface area contributed by atoms with Gasteiger partial charge in [0, 0.05) is 6.42 Å². The van der Waals surface area contributed by atoms with Gasteiger partial charge < -0.3 is 40.5 Å². The second kappa shape index (κ2) is 16.9. The van der Waals surface area contributed by atoms with Crippen molar-refractivity contribution in [1.82, 2.24) is 0 Å². The monoisotopic (exact) mass is 492 g/mol.